The van der Waals surface area contributed by atoms with Gasteiger partial charge in [0.25, 0.3) is 0 Å². The molecule has 2 saturated carbocycles. The Morgan fingerprint density at radius 2 is 1.32 bits per heavy atom. The van der Waals surface area contributed by atoms with E-state index in [9.17, 15) is 0 Å². The lowest BCUT2D eigenvalue weighted by Crippen LogP contribution is -2.13. The van der Waals surface area contributed by atoms with Crippen LogP contribution in [0, 0.1) is 12.3 Å². The molecule has 0 aliphatic heterocycles. The summed E-state index contributed by atoms with van der Waals surface area (Å²) in [6.07, 6.45) is 17.9. The lowest BCUT2D eigenvalue weighted by molar-refractivity contribution is 0.304. The van der Waals surface area contributed by atoms with Gasteiger partial charge in [-0.2, -0.15) is 0 Å². The van der Waals surface area contributed by atoms with Crippen LogP contribution in [0.4, 0.5) is 0 Å². The van der Waals surface area contributed by atoms with Crippen LogP contribution in [-0.2, 0) is 0 Å². The first kappa shape index (κ1) is 16.1. The molecule has 0 nitrogen and oxygen atoms in total. The molecular weight excluding hydrogens is 264 g/mol. The summed E-state index contributed by atoms with van der Waals surface area (Å²) in [6.45, 7) is 2.32. The third kappa shape index (κ3) is 4.15. The van der Waals surface area contributed by atoms with E-state index in [2.05, 4.69) is 37.6 Å². The minimum Gasteiger partial charge on any atom is -0.0654 e. The predicted octanol–water partition coefficient (Wildman–Crippen LogP) is 7.01. The summed E-state index contributed by atoms with van der Waals surface area (Å²) < 4.78 is 0. The van der Waals surface area contributed by atoms with Gasteiger partial charge in [-0.25, -0.2) is 0 Å². The summed E-state index contributed by atoms with van der Waals surface area (Å²) in [6, 6.07) is 9.78. The van der Waals surface area contributed by atoms with Gasteiger partial charge in [-0.15, -0.1) is 0 Å². The van der Waals surface area contributed by atoms with Crippen LogP contribution >= 0.6 is 0 Å². The number of unbranched alkanes of at least 4 members (excludes halogenated alkanes) is 1. The molecule has 2 aliphatic rings. The van der Waals surface area contributed by atoms with Gasteiger partial charge in [-0.05, 0) is 86.7 Å². The average molecular weight is 298 g/mol. The molecule has 0 atom stereocenters. The minimum absolute atomic E-state index is 0.823. The maximum Gasteiger partial charge on any atom is -0.0162 e. The van der Waals surface area contributed by atoms with Gasteiger partial charge in [0.1, 0.15) is 0 Å². The lowest BCUT2D eigenvalue weighted by Gasteiger charge is -2.29. The SMILES string of the molecule is CCCCC1CCC(c2ccc(C3CC[CH]CC3)cc2)CC1. The first-order valence-electron chi connectivity index (χ1n) is 9.78. The third-order valence-corrected chi connectivity index (χ3v) is 6.13. The Hall–Kier alpha value is -0.780. The molecule has 0 aromatic heterocycles. The van der Waals surface area contributed by atoms with Gasteiger partial charge in [0.2, 0.25) is 0 Å². The number of rotatable bonds is 5. The second kappa shape index (κ2) is 8.18. The highest BCUT2D eigenvalue weighted by molar-refractivity contribution is 5.28. The Bertz CT molecular complexity index is 416. The normalized spacial score (nSPS) is 27.0. The fraction of sp³-hybridized carbons (Fsp3) is 0.682. The van der Waals surface area contributed by atoms with Crippen LogP contribution in [-0.4, -0.2) is 0 Å². The maximum atomic E-state index is 2.46. The first-order valence-corrected chi connectivity index (χ1v) is 9.78. The molecule has 1 radical (unpaired) electrons. The molecule has 2 aliphatic carbocycles. The summed E-state index contributed by atoms with van der Waals surface area (Å²) in [4.78, 5) is 0. The van der Waals surface area contributed by atoms with Crippen molar-refractivity contribution >= 4 is 0 Å². The molecule has 0 unspecified atom stereocenters. The zero-order valence-corrected chi connectivity index (χ0v) is 14.4. The van der Waals surface area contributed by atoms with Crippen molar-refractivity contribution < 1.29 is 0 Å². The second-order valence-corrected chi connectivity index (χ2v) is 7.67. The van der Waals surface area contributed by atoms with Crippen molar-refractivity contribution in [2.75, 3.05) is 0 Å². The molecule has 1 aromatic rings. The van der Waals surface area contributed by atoms with Gasteiger partial charge in [0.05, 0.1) is 0 Å². The lowest BCUT2D eigenvalue weighted by atomic mass is 9.76. The van der Waals surface area contributed by atoms with E-state index in [1.165, 1.54) is 70.6 Å². The Labute approximate surface area is 137 Å². The van der Waals surface area contributed by atoms with E-state index < -0.39 is 0 Å². The Balaban J connectivity index is 1.52. The highest BCUT2D eigenvalue weighted by Gasteiger charge is 2.22. The monoisotopic (exact) mass is 297 g/mol. The van der Waals surface area contributed by atoms with E-state index in [1.54, 1.807) is 11.1 Å². The van der Waals surface area contributed by atoms with E-state index in [4.69, 9.17) is 0 Å². The van der Waals surface area contributed by atoms with Crippen LogP contribution in [0.3, 0.4) is 0 Å². The maximum absolute atomic E-state index is 2.46. The van der Waals surface area contributed by atoms with Crippen molar-refractivity contribution in [3.8, 4) is 0 Å². The molecular formula is C22H33. The standard InChI is InChI=1S/C22H33/c1-2-3-7-18-10-12-20(13-11-18)22-16-14-21(15-17-22)19-8-5-4-6-9-19/h4,14-20H,2-3,5-13H2,1H3. The van der Waals surface area contributed by atoms with Crippen LogP contribution in [0.25, 0.3) is 0 Å². The molecule has 121 valence electrons. The molecule has 0 amide bonds. The Kier molecular flexibility index (Phi) is 5.98. The fourth-order valence-electron chi connectivity index (χ4n) is 4.58. The molecule has 0 N–H and O–H groups in total. The van der Waals surface area contributed by atoms with Gasteiger partial charge in [0.15, 0.2) is 0 Å². The molecule has 0 spiro atoms. The largest absolute Gasteiger partial charge is 0.0654 e. The van der Waals surface area contributed by atoms with Gasteiger partial charge in [-0.3, -0.25) is 0 Å². The Morgan fingerprint density at radius 1 is 0.773 bits per heavy atom. The van der Waals surface area contributed by atoms with Crippen molar-refractivity contribution in [1.82, 2.24) is 0 Å². The van der Waals surface area contributed by atoms with Crippen LogP contribution in [0.5, 0.6) is 0 Å². The van der Waals surface area contributed by atoms with E-state index in [0.29, 0.717) is 0 Å². The van der Waals surface area contributed by atoms with Crippen molar-refractivity contribution in [3.05, 3.63) is 41.8 Å². The molecule has 0 bridgehead atoms. The van der Waals surface area contributed by atoms with Crippen LogP contribution in [0.2, 0.25) is 0 Å². The molecule has 22 heavy (non-hydrogen) atoms. The van der Waals surface area contributed by atoms with Crippen LogP contribution in [0.15, 0.2) is 24.3 Å². The van der Waals surface area contributed by atoms with Crippen molar-refractivity contribution in [3.63, 3.8) is 0 Å². The van der Waals surface area contributed by atoms with E-state index in [0.717, 1.165) is 17.8 Å². The van der Waals surface area contributed by atoms with Crippen molar-refractivity contribution in [2.45, 2.75) is 89.4 Å². The third-order valence-electron chi connectivity index (χ3n) is 6.13. The molecule has 1 aromatic carbocycles. The zero-order valence-electron chi connectivity index (χ0n) is 14.4. The summed E-state index contributed by atoms with van der Waals surface area (Å²) in [5.74, 6) is 2.68. The van der Waals surface area contributed by atoms with Gasteiger partial charge < -0.3 is 0 Å². The second-order valence-electron chi connectivity index (χ2n) is 7.67. The molecule has 0 heteroatoms. The number of hydrogen-bond acceptors (Lipinski definition) is 0. The quantitative estimate of drug-likeness (QED) is 0.548. The molecule has 0 heterocycles. The minimum atomic E-state index is 0.823. The molecule has 0 saturated heterocycles. The van der Waals surface area contributed by atoms with Gasteiger partial charge in [-0.1, -0.05) is 50.5 Å². The Morgan fingerprint density at radius 3 is 1.86 bits per heavy atom. The van der Waals surface area contributed by atoms with Crippen LogP contribution < -0.4 is 0 Å². The summed E-state index contributed by atoms with van der Waals surface area (Å²) in [5.41, 5.74) is 3.20. The molecule has 2 fully saturated rings. The summed E-state index contributed by atoms with van der Waals surface area (Å²) in [5, 5.41) is 0. The summed E-state index contributed by atoms with van der Waals surface area (Å²) in [7, 11) is 0. The first-order chi connectivity index (χ1) is 10.9. The number of benzene rings is 1. The van der Waals surface area contributed by atoms with Crippen molar-refractivity contribution in [1.29, 1.82) is 0 Å². The van der Waals surface area contributed by atoms with Gasteiger partial charge in [0, 0.05) is 0 Å². The van der Waals surface area contributed by atoms with Gasteiger partial charge >= 0.3 is 0 Å². The molecule has 3 rings (SSSR count). The fourth-order valence-corrected chi connectivity index (χ4v) is 4.58. The number of hydrogen-bond donors (Lipinski definition) is 0. The van der Waals surface area contributed by atoms with E-state index in [1.807, 2.05) is 0 Å². The predicted molar refractivity (Wildman–Crippen MR) is 96.2 cm³/mol. The summed E-state index contributed by atoms with van der Waals surface area (Å²) >= 11 is 0. The van der Waals surface area contributed by atoms with E-state index >= 15 is 0 Å². The van der Waals surface area contributed by atoms with Crippen LogP contribution in [0.1, 0.15) is 101 Å². The van der Waals surface area contributed by atoms with E-state index in [-0.39, 0.29) is 0 Å². The highest BCUT2D eigenvalue weighted by atomic mass is 14.3. The van der Waals surface area contributed by atoms with Crippen molar-refractivity contribution in [2.24, 2.45) is 5.92 Å². The zero-order chi connectivity index (χ0) is 15.2. The highest BCUT2D eigenvalue weighted by Crippen LogP contribution is 2.39. The topological polar surface area (TPSA) is 0 Å². The average Bonchev–Trinajstić information content (AvgIpc) is 2.61. The smallest absolute Gasteiger partial charge is 0.0162 e.